The molecule has 0 aromatic heterocycles. The lowest BCUT2D eigenvalue weighted by atomic mass is 9.89. The molecule has 2 N–H and O–H groups in total. The lowest BCUT2D eigenvalue weighted by Gasteiger charge is -2.28. The topological polar surface area (TPSA) is 50.4 Å². The van der Waals surface area contributed by atoms with Crippen LogP contribution in [0.25, 0.3) is 0 Å². The molecular weight excluding hydrogens is 288 g/mol. The highest BCUT2D eigenvalue weighted by atomic mass is 16.5. The van der Waals surface area contributed by atoms with Crippen molar-refractivity contribution in [1.29, 1.82) is 0 Å². The van der Waals surface area contributed by atoms with Crippen LogP contribution in [0, 0.1) is 5.92 Å². The van der Waals surface area contributed by atoms with Crippen LogP contribution in [-0.4, -0.2) is 24.6 Å². The second-order valence-electron chi connectivity index (χ2n) is 6.66. The third-order valence-corrected chi connectivity index (χ3v) is 4.85. The van der Waals surface area contributed by atoms with Gasteiger partial charge < -0.3 is 15.4 Å². The summed E-state index contributed by atoms with van der Waals surface area (Å²) in [5.74, 6) is 1.49. The zero-order valence-corrected chi connectivity index (χ0v) is 13.6. The zero-order chi connectivity index (χ0) is 16.1. The van der Waals surface area contributed by atoms with Crippen LogP contribution in [0.4, 0.5) is 0 Å². The van der Waals surface area contributed by atoms with E-state index in [0.717, 1.165) is 24.2 Å². The van der Waals surface area contributed by atoms with E-state index in [4.69, 9.17) is 4.74 Å². The second-order valence-corrected chi connectivity index (χ2v) is 6.66. The molecule has 2 bridgehead atoms. The fourth-order valence-electron chi connectivity index (χ4n) is 3.81. The monoisotopic (exact) mass is 314 g/mol. The van der Waals surface area contributed by atoms with Gasteiger partial charge in [0.05, 0.1) is 0 Å². The first-order valence-corrected chi connectivity index (χ1v) is 8.59. The highest BCUT2D eigenvalue weighted by Gasteiger charge is 2.34. The lowest BCUT2D eigenvalue weighted by molar-refractivity contribution is -0.122. The highest BCUT2D eigenvalue weighted by Crippen LogP contribution is 2.32. The van der Waals surface area contributed by atoms with Crippen molar-refractivity contribution in [1.82, 2.24) is 10.6 Å². The molecule has 0 aliphatic carbocycles. The normalized spacial score (nSPS) is 25.8. The molecule has 2 aliphatic rings. The summed E-state index contributed by atoms with van der Waals surface area (Å²) >= 11 is 0. The van der Waals surface area contributed by atoms with Crippen LogP contribution in [0.1, 0.15) is 37.7 Å². The molecule has 4 heteroatoms. The van der Waals surface area contributed by atoms with Gasteiger partial charge in [0.2, 0.25) is 5.91 Å². The largest absolute Gasteiger partial charge is 0.489 e. The number of amides is 1. The van der Waals surface area contributed by atoms with Crippen molar-refractivity contribution in [3.63, 3.8) is 0 Å². The van der Waals surface area contributed by atoms with Crippen molar-refractivity contribution < 1.29 is 9.53 Å². The first-order valence-electron chi connectivity index (χ1n) is 8.59. The van der Waals surface area contributed by atoms with Crippen molar-refractivity contribution in [2.45, 2.75) is 50.7 Å². The number of piperidine rings is 1. The minimum Gasteiger partial charge on any atom is -0.489 e. The van der Waals surface area contributed by atoms with Gasteiger partial charge in [0, 0.05) is 30.6 Å². The Morgan fingerprint density at radius 1 is 1.30 bits per heavy atom. The Morgan fingerprint density at radius 3 is 2.78 bits per heavy atom. The number of hydrogen-bond acceptors (Lipinski definition) is 3. The average molecular weight is 314 g/mol. The maximum atomic E-state index is 12.3. The van der Waals surface area contributed by atoms with Crippen molar-refractivity contribution in [3.8, 4) is 5.75 Å². The number of fused-ring (bicyclic) bond motifs is 2. The predicted octanol–water partition coefficient (Wildman–Crippen LogP) is 2.79. The number of nitrogens with one attached hydrogen (secondary N) is 2. The summed E-state index contributed by atoms with van der Waals surface area (Å²) in [5.41, 5.74) is 1.01. The van der Waals surface area contributed by atoms with Gasteiger partial charge in [-0.2, -0.15) is 0 Å². The fourth-order valence-corrected chi connectivity index (χ4v) is 3.81. The van der Waals surface area contributed by atoms with Crippen LogP contribution in [-0.2, 0) is 11.3 Å². The van der Waals surface area contributed by atoms with Gasteiger partial charge in [-0.05, 0) is 37.7 Å². The molecule has 2 saturated heterocycles. The van der Waals surface area contributed by atoms with Gasteiger partial charge in [-0.15, -0.1) is 0 Å². The molecule has 1 amide bonds. The molecule has 23 heavy (non-hydrogen) atoms. The van der Waals surface area contributed by atoms with Crippen LogP contribution in [0.15, 0.2) is 36.9 Å². The van der Waals surface area contributed by atoms with E-state index >= 15 is 0 Å². The summed E-state index contributed by atoms with van der Waals surface area (Å²) in [7, 11) is 0. The minimum absolute atomic E-state index is 0.148. The molecule has 2 heterocycles. The van der Waals surface area contributed by atoms with Crippen molar-refractivity contribution in [3.05, 3.63) is 42.5 Å². The van der Waals surface area contributed by atoms with Crippen LogP contribution in [0.5, 0.6) is 5.75 Å². The predicted molar refractivity (Wildman–Crippen MR) is 91.3 cm³/mol. The second kappa shape index (κ2) is 7.64. The molecule has 2 atom stereocenters. The number of carbonyl (C=O) groups excluding carboxylic acids is 1. The minimum atomic E-state index is 0.148. The summed E-state index contributed by atoms with van der Waals surface area (Å²) < 4.78 is 5.63. The van der Waals surface area contributed by atoms with Gasteiger partial charge >= 0.3 is 0 Å². The maximum Gasteiger partial charge on any atom is 0.220 e. The van der Waals surface area contributed by atoms with Crippen molar-refractivity contribution in [2.75, 3.05) is 6.61 Å². The highest BCUT2D eigenvalue weighted by molar-refractivity contribution is 5.76. The maximum absolute atomic E-state index is 12.3. The molecule has 1 aromatic carbocycles. The molecule has 2 aliphatic heterocycles. The van der Waals surface area contributed by atoms with Gasteiger partial charge in [-0.1, -0.05) is 30.9 Å². The van der Waals surface area contributed by atoms with Gasteiger partial charge in [0.1, 0.15) is 12.4 Å². The molecule has 124 valence electrons. The van der Waals surface area contributed by atoms with E-state index < -0.39 is 0 Å². The molecular formula is C19H26N2O2. The van der Waals surface area contributed by atoms with Crippen LogP contribution < -0.4 is 15.4 Å². The number of benzene rings is 1. The summed E-state index contributed by atoms with van der Waals surface area (Å²) in [6.07, 6.45) is 7.20. The summed E-state index contributed by atoms with van der Waals surface area (Å²) in [6, 6.07) is 9.10. The summed E-state index contributed by atoms with van der Waals surface area (Å²) in [6.45, 7) is 4.65. The molecule has 3 rings (SSSR count). The van der Waals surface area contributed by atoms with E-state index in [0.29, 0.717) is 37.6 Å². The van der Waals surface area contributed by atoms with Gasteiger partial charge in [-0.3, -0.25) is 4.79 Å². The third kappa shape index (κ3) is 4.35. The van der Waals surface area contributed by atoms with Crippen molar-refractivity contribution in [2.24, 2.45) is 5.92 Å². The number of para-hydroxylation sites is 1. The third-order valence-electron chi connectivity index (χ3n) is 4.85. The number of rotatable bonds is 7. The van der Waals surface area contributed by atoms with Crippen LogP contribution in [0.3, 0.4) is 0 Å². The number of ether oxygens (including phenoxy) is 1. The Hall–Kier alpha value is -1.81. The van der Waals surface area contributed by atoms with Crippen LogP contribution in [0.2, 0.25) is 0 Å². The molecule has 0 spiro atoms. The Morgan fingerprint density at radius 2 is 2.04 bits per heavy atom. The average Bonchev–Trinajstić information content (AvgIpc) is 2.90. The summed E-state index contributed by atoms with van der Waals surface area (Å²) in [4.78, 5) is 12.3. The van der Waals surface area contributed by atoms with Gasteiger partial charge in [-0.25, -0.2) is 0 Å². The fraction of sp³-hybridized carbons (Fsp3) is 0.526. The van der Waals surface area contributed by atoms with Gasteiger partial charge in [0.15, 0.2) is 0 Å². The Balaban J connectivity index is 1.48. The lowest BCUT2D eigenvalue weighted by Crippen LogP contribution is -2.39. The molecule has 2 fully saturated rings. The first kappa shape index (κ1) is 16.1. The standard InChI is InChI=1S/C19H26N2O2/c1-2-9-23-18-6-4-3-5-15(18)13-20-19(22)12-14-10-16-7-8-17(11-14)21-16/h2-6,14,16-17,21H,1,7-13H2,(H,20,22). The Kier molecular flexibility index (Phi) is 5.34. The van der Waals surface area contributed by atoms with E-state index in [2.05, 4.69) is 17.2 Å². The molecule has 0 radical (unpaired) electrons. The SMILES string of the molecule is C=CCOc1ccccc1CNC(=O)CC1CC2CCC(C1)N2. The van der Waals surface area contributed by atoms with E-state index in [1.54, 1.807) is 6.08 Å². The summed E-state index contributed by atoms with van der Waals surface area (Å²) in [5, 5.41) is 6.67. The first-order chi connectivity index (χ1) is 11.2. The Bertz CT molecular complexity index is 546. The molecule has 4 nitrogen and oxygen atoms in total. The van der Waals surface area contributed by atoms with Crippen LogP contribution >= 0.6 is 0 Å². The van der Waals surface area contributed by atoms with E-state index in [9.17, 15) is 4.79 Å². The Labute approximate surface area is 138 Å². The number of hydrogen-bond donors (Lipinski definition) is 2. The molecule has 1 aromatic rings. The number of carbonyl (C=O) groups is 1. The van der Waals surface area contributed by atoms with Crippen molar-refractivity contribution >= 4 is 5.91 Å². The molecule has 2 unspecified atom stereocenters. The van der Waals surface area contributed by atoms with E-state index in [1.165, 1.54) is 12.8 Å². The molecule has 0 saturated carbocycles. The quantitative estimate of drug-likeness (QED) is 0.761. The smallest absolute Gasteiger partial charge is 0.220 e. The zero-order valence-electron chi connectivity index (χ0n) is 13.6. The van der Waals surface area contributed by atoms with E-state index in [-0.39, 0.29) is 5.91 Å². The van der Waals surface area contributed by atoms with E-state index in [1.807, 2.05) is 24.3 Å². The van der Waals surface area contributed by atoms with Gasteiger partial charge in [0.25, 0.3) is 0 Å².